The van der Waals surface area contributed by atoms with Crippen molar-refractivity contribution in [3.05, 3.63) is 113 Å². The smallest absolute Gasteiger partial charge is 0.337 e. The molecule has 4 aliphatic rings. The number of nitrogens with zero attached hydrogens (tertiary/aromatic N) is 4. The maximum Gasteiger partial charge on any atom is 0.337 e. The fourth-order valence-corrected chi connectivity index (χ4v) is 7.51. The summed E-state index contributed by atoms with van der Waals surface area (Å²) in [5, 5.41) is 3.31. The molecule has 0 bridgehead atoms. The van der Waals surface area contributed by atoms with E-state index in [1.54, 1.807) is 59.5 Å². The summed E-state index contributed by atoms with van der Waals surface area (Å²) in [6.45, 7) is 3.49. The molecule has 0 unspecified atom stereocenters. The van der Waals surface area contributed by atoms with Gasteiger partial charge in [-0.3, -0.25) is 19.6 Å². The molecule has 0 aliphatic carbocycles. The highest BCUT2D eigenvalue weighted by atomic mass is 16.5. The predicted molar refractivity (Wildman–Crippen MR) is 221 cm³/mol. The van der Waals surface area contributed by atoms with Crippen molar-refractivity contribution < 1.29 is 38.1 Å². The van der Waals surface area contributed by atoms with Crippen LogP contribution in [0.2, 0.25) is 0 Å². The molecular weight excluding hydrogens is 739 g/mol. The summed E-state index contributed by atoms with van der Waals surface area (Å²) in [6.07, 6.45) is 9.10. The number of carbonyl (C=O) groups is 3. The Labute approximate surface area is 336 Å². The van der Waals surface area contributed by atoms with Crippen LogP contribution in [0.5, 0.6) is 23.0 Å². The normalized spacial score (nSPS) is 17.6. The number of anilines is 1. The Morgan fingerprint density at radius 1 is 0.690 bits per heavy atom. The Bertz CT molecular complexity index is 2390. The van der Waals surface area contributed by atoms with Gasteiger partial charge in [-0.25, -0.2) is 4.79 Å². The van der Waals surface area contributed by atoms with Crippen LogP contribution >= 0.6 is 0 Å². The summed E-state index contributed by atoms with van der Waals surface area (Å²) in [5.41, 5.74) is 7.36. The van der Waals surface area contributed by atoms with Crippen molar-refractivity contribution in [1.82, 2.24) is 9.80 Å². The van der Waals surface area contributed by atoms with E-state index in [0.29, 0.717) is 76.9 Å². The first kappa shape index (κ1) is 38.0. The van der Waals surface area contributed by atoms with E-state index < -0.39 is 5.97 Å². The summed E-state index contributed by atoms with van der Waals surface area (Å²) in [6, 6.07) is 21.7. The van der Waals surface area contributed by atoms with Crippen LogP contribution < -0.4 is 24.3 Å². The number of hydrogen-bond donors (Lipinski definition) is 1. The Kier molecular flexibility index (Phi) is 10.7. The molecule has 13 heteroatoms. The minimum absolute atomic E-state index is 0.152. The lowest BCUT2D eigenvalue weighted by molar-refractivity contribution is 0.0600. The van der Waals surface area contributed by atoms with Crippen molar-refractivity contribution in [2.45, 2.75) is 38.3 Å². The molecule has 4 aromatic rings. The minimum atomic E-state index is -0.405. The number of amides is 2. The first-order chi connectivity index (χ1) is 28.3. The van der Waals surface area contributed by atoms with E-state index in [1.807, 2.05) is 42.9 Å². The van der Waals surface area contributed by atoms with Gasteiger partial charge < -0.3 is 38.8 Å². The molecule has 8 rings (SSSR count). The molecule has 296 valence electrons. The first-order valence-electron chi connectivity index (χ1n) is 19.2. The van der Waals surface area contributed by atoms with Gasteiger partial charge in [0.2, 0.25) is 0 Å². The third-order valence-corrected chi connectivity index (χ3v) is 10.5. The average Bonchev–Trinajstić information content (AvgIpc) is 3.83. The maximum absolute atomic E-state index is 13.8. The second-order valence-corrected chi connectivity index (χ2v) is 14.1. The highest BCUT2D eigenvalue weighted by Crippen LogP contribution is 2.42. The van der Waals surface area contributed by atoms with Gasteiger partial charge in [-0.2, -0.15) is 0 Å². The van der Waals surface area contributed by atoms with Crippen LogP contribution in [0.25, 0.3) is 11.1 Å². The number of methoxy groups -OCH3 is 3. The van der Waals surface area contributed by atoms with Crippen LogP contribution in [0, 0.1) is 0 Å². The van der Waals surface area contributed by atoms with Gasteiger partial charge in [-0.05, 0) is 65.6 Å². The maximum atomic E-state index is 13.8. The Balaban J connectivity index is 0.897. The number of aliphatic imine (C=N–C) groups is 2. The third kappa shape index (κ3) is 7.38. The largest absolute Gasteiger partial charge is 0.493 e. The standard InChI is InChI=1S/C45H43N5O8/c1-5-46-32-13-11-28(12-14-32)31-18-34-24-48-38-22-42(40(55-3)20-36(38)44(52)50(34)26-31)58-16-6-15-57-41-21-37-35(19-39(41)54-2)43(51)49-25-30(17-33(49)23-47-37)27-7-9-29(10-8-27)45(53)56-4/h7-14,19-26,33-34,46H,5-6,15-18H2,1-4H3/t33-,34-/m0/s1. The van der Waals surface area contributed by atoms with Crippen molar-refractivity contribution in [1.29, 1.82) is 0 Å². The van der Waals surface area contributed by atoms with E-state index in [4.69, 9.17) is 28.7 Å². The zero-order chi connectivity index (χ0) is 40.3. The highest BCUT2D eigenvalue weighted by molar-refractivity contribution is 6.06. The first-order valence-corrected chi connectivity index (χ1v) is 19.2. The van der Waals surface area contributed by atoms with Gasteiger partial charge >= 0.3 is 5.97 Å². The molecule has 58 heavy (non-hydrogen) atoms. The summed E-state index contributed by atoms with van der Waals surface area (Å²) in [7, 11) is 4.41. The molecule has 0 saturated heterocycles. The fourth-order valence-electron chi connectivity index (χ4n) is 7.51. The number of ether oxygens (including phenoxy) is 5. The Hall–Kier alpha value is -6.89. The van der Waals surface area contributed by atoms with Gasteiger partial charge in [0, 0.05) is 68.5 Å². The summed E-state index contributed by atoms with van der Waals surface area (Å²) in [4.78, 5) is 52.3. The van der Waals surface area contributed by atoms with E-state index in [9.17, 15) is 14.4 Å². The zero-order valence-electron chi connectivity index (χ0n) is 32.7. The van der Waals surface area contributed by atoms with Crippen LogP contribution in [-0.2, 0) is 4.74 Å². The van der Waals surface area contributed by atoms with Gasteiger partial charge in [0.05, 0.1) is 74.7 Å². The van der Waals surface area contributed by atoms with E-state index in [1.165, 1.54) is 14.2 Å². The van der Waals surface area contributed by atoms with E-state index in [-0.39, 0.29) is 30.5 Å². The lowest BCUT2D eigenvalue weighted by Gasteiger charge is -2.19. The van der Waals surface area contributed by atoms with Crippen molar-refractivity contribution in [3.63, 3.8) is 0 Å². The Morgan fingerprint density at radius 3 is 1.62 bits per heavy atom. The SMILES string of the molecule is CCNc1ccc(C2=CN3C(=O)c4cc(OC)c(OCCCOc5cc6c(cc5OC)C(=O)N5C=C(c7ccc(C(=O)OC)cc7)C[C@H]5C=N6)cc4N=C[C@@H]3C2)cc1. The topological polar surface area (TPSA) is 141 Å². The quantitative estimate of drug-likeness (QED) is 0.107. The molecule has 0 saturated carbocycles. The number of esters is 1. The predicted octanol–water partition coefficient (Wildman–Crippen LogP) is 7.71. The monoisotopic (exact) mass is 781 g/mol. The van der Waals surface area contributed by atoms with E-state index in [0.717, 1.165) is 34.5 Å². The van der Waals surface area contributed by atoms with E-state index >= 15 is 0 Å². The number of fused-ring (bicyclic) bond motifs is 4. The number of hydrogen-bond acceptors (Lipinski definition) is 11. The third-order valence-electron chi connectivity index (χ3n) is 10.5. The van der Waals surface area contributed by atoms with Crippen molar-refractivity contribution in [3.8, 4) is 23.0 Å². The summed E-state index contributed by atoms with van der Waals surface area (Å²) in [5.74, 6) is 0.996. The van der Waals surface area contributed by atoms with Crippen LogP contribution in [-0.4, -0.2) is 93.2 Å². The molecule has 2 amide bonds. The second kappa shape index (κ2) is 16.3. The molecular formula is C45H43N5O8. The number of benzene rings is 4. The molecule has 1 N–H and O–H groups in total. The molecule has 0 fully saturated rings. The molecule has 0 aromatic heterocycles. The number of carbonyl (C=O) groups excluding carboxylic acids is 3. The van der Waals surface area contributed by atoms with Crippen molar-refractivity contribution >= 4 is 58.4 Å². The number of nitrogens with one attached hydrogen (secondary N) is 1. The van der Waals surface area contributed by atoms with Gasteiger partial charge in [-0.1, -0.05) is 24.3 Å². The summed E-state index contributed by atoms with van der Waals surface area (Å²) < 4.78 is 28.4. The zero-order valence-corrected chi connectivity index (χ0v) is 32.7. The lowest BCUT2D eigenvalue weighted by Crippen LogP contribution is -2.32. The van der Waals surface area contributed by atoms with Gasteiger partial charge in [-0.15, -0.1) is 0 Å². The van der Waals surface area contributed by atoms with Crippen LogP contribution in [0.15, 0.2) is 95.2 Å². The second-order valence-electron chi connectivity index (χ2n) is 14.1. The molecule has 4 aliphatic heterocycles. The lowest BCUT2D eigenvalue weighted by atomic mass is 10.0. The molecule has 4 heterocycles. The van der Waals surface area contributed by atoms with E-state index in [2.05, 4.69) is 29.4 Å². The Morgan fingerprint density at radius 2 is 1.17 bits per heavy atom. The van der Waals surface area contributed by atoms with Crippen LogP contribution in [0.1, 0.15) is 68.4 Å². The molecule has 4 aromatic carbocycles. The van der Waals surface area contributed by atoms with Crippen LogP contribution in [0.3, 0.4) is 0 Å². The molecule has 0 spiro atoms. The highest BCUT2D eigenvalue weighted by Gasteiger charge is 2.35. The summed E-state index contributed by atoms with van der Waals surface area (Å²) >= 11 is 0. The average molecular weight is 782 g/mol. The van der Waals surface area contributed by atoms with Crippen LogP contribution in [0.4, 0.5) is 17.1 Å². The fraction of sp³-hybridized carbons (Fsp3) is 0.267. The number of rotatable bonds is 13. The van der Waals surface area contributed by atoms with Crippen molar-refractivity contribution in [2.24, 2.45) is 9.98 Å². The minimum Gasteiger partial charge on any atom is -0.493 e. The van der Waals surface area contributed by atoms with Gasteiger partial charge in [0.1, 0.15) is 0 Å². The van der Waals surface area contributed by atoms with Crippen molar-refractivity contribution in [2.75, 3.05) is 46.4 Å². The van der Waals surface area contributed by atoms with Gasteiger partial charge in [0.25, 0.3) is 11.8 Å². The molecule has 13 nitrogen and oxygen atoms in total. The van der Waals surface area contributed by atoms with Gasteiger partial charge in [0.15, 0.2) is 23.0 Å². The molecule has 2 atom stereocenters. The molecule has 0 radical (unpaired) electrons.